The zero-order valence-corrected chi connectivity index (χ0v) is 8.88. The monoisotopic (exact) mass is 193 g/mol. The van der Waals surface area contributed by atoms with Gasteiger partial charge in [-0.3, -0.25) is 4.79 Å². The van der Waals surface area contributed by atoms with Crippen LogP contribution in [0, 0.1) is 5.92 Å². The second-order valence-corrected chi connectivity index (χ2v) is 4.61. The first-order chi connectivity index (χ1) is 6.75. The zero-order valence-electron chi connectivity index (χ0n) is 8.88. The molecule has 0 radical (unpaired) electrons. The van der Waals surface area contributed by atoms with Crippen LogP contribution < -0.4 is 5.32 Å². The molecule has 1 fully saturated rings. The SMILES string of the molecule is CC(NC1=CC(=O)CC1)C1CCCC1. The fourth-order valence-corrected chi connectivity index (χ4v) is 2.58. The minimum atomic E-state index is 0.283. The van der Waals surface area contributed by atoms with E-state index in [1.165, 1.54) is 25.7 Å². The first-order valence-corrected chi connectivity index (χ1v) is 5.75. The Morgan fingerprint density at radius 2 is 2.07 bits per heavy atom. The van der Waals surface area contributed by atoms with Gasteiger partial charge in [0.25, 0.3) is 0 Å². The van der Waals surface area contributed by atoms with Crippen molar-refractivity contribution in [3.05, 3.63) is 11.8 Å². The molecule has 14 heavy (non-hydrogen) atoms. The summed E-state index contributed by atoms with van der Waals surface area (Å²) >= 11 is 0. The Labute approximate surface area is 85.8 Å². The highest BCUT2D eigenvalue weighted by Gasteiger charge is 2.23. The third-order valence-electron chi connectivity index (χ3n) is 3.50. The van der Waals surface area contributed by atoms with Crippen molar-refractivity contribution in [2.24, 2.45) is 5.92 Å². The maximum absolute atomic E-state index is 11.0. The summed E-state index contributed by atoms with van der Waals surface area (Å²) < 4.78 is 0. The predicted molar refractivity (Wildman–Crippen MR) is 56.9 cm³/mol. The van der Waals surface area contributed by atoms with Crippen molar-refractivity contribution in [3.63, 3.8) is 0 Å². The molecule has 2 aliphatic carbocycles. The molecule has 2 heteroatoms. The maximum atomic E-state index is 11.0. The smallest absolute Gasteiger partial charge is 0.157 e. The van der Waals surface area contributed by atoms with E-state index >= 15 is 0 Å². The normalized spacial score (nSPS) is 25.2. The van der Waals surface area contributed by atoms with Crippen molar-refractivity contribution in [2.45, 2.75) is 51.5 Å². The van der Waals surface area contributed by atoms with Crippen LogP contribution in [0.4, 0.5) is 0 Å². The molecular formula is C12H19NO. The van der Waals surface area contributed by atoms with Gasteiger partial charge in [0, 0.05) is 24.2 Å². The van der Waals surface area contributed by atoms with Crippen LogP contribution in [0.1, 0.15) is 45.4 Å². The van der Waals surface area contributed by atoms with Gasteiger partial charge in [-0.2, -0.15) is 0 Å². The molecule has 0 aromatic rings. The predicted octanol–water partition coefficient (Wildman–Crippen LogP) is 2.40. The lowest BCUT2D eigenvalue weighted by Gasteiger charge is -2.21. The number of carbonyl (C=O) groups excluding carboxylic acids is 1. The van der Waals surface area contributed by atoms with Gasteiger partial charge in [0.15, 0.2) is 5.78 Å². The van der Waals surface area contributed by atoms with Crippen molar-refractivity contribution in [1.82, 2.24) is 5.32 Å². The van der Waals surface area contributed by atoms with E-state index in [2.05, 4.69) is 12.2 Å². The lowest BCUT2D eigenvalue weighted by atomic mass is 9.99. The Kier molecular flexibility index (Phi) is 2.90. The van der Waals surface area contributed by atoms with Gasteiger partial charge in [0.2, 0.25) is 0 Å². The van der Waals surface area contributed by atoms with Crippen LogP contribution in [-0.2, 0) is 4.79 Å². The standard InChI is InChI=1S/C12H19NO/c1-9(10-4-2-3-5-10)13-11-6-7-12(14)8-11/h8-10,13H,2-7H2,1H3. The number of nitrogens with one attached hydrogen (secondary N) is 1. The Morgan fingerprint density at radius 1 is 1.36 bits per heavy atom. The fraction of sp³-hybridized carbons (Fsp3) is 0.750. The first kappa shape index (κ1) is 9.75. The van der Waals surface area contributed by atoms with Crippen molar-refractivity contribution in [2.75, 3.05) is 0 Å². The number of allylic oxidation sites excluding steroid dienone is 2. The van der Waals surface area contributed by atoms with Crippen LogP contribution in [0.25, 0.3) is 0 Å². The van der Waals surface area contributed by atoms with Gasteiger partial charge in [-0.15, -0.1) is 0 Å². The van der Waals surface area contributed by atoms with Gasteiger partial charge in [-0.05, 0) is 32.1 Å². The number of rotatable bonds is 3. The average Bonchev–Trinajstić information content (AvgIpc) is 2.75. The van der Waals surface area contributed by atoms with E-state index in [9.17, 15) is 4.79 Å². The number of hydrogen-bond donors (Lipinski definition) is 1. The Bertz CT molecular complexity index is 251. The molecule has 0 bridgehead atoms. The van der Waals surface area contributed by atoms with Gasteiger partial charge in [0.1, 0.15) is 0 Å². The molecule has 2 nitrogen and oxygen atoms in total. The molecule has 1 N–H and O–H groups in total. The van der Waals surface area contributed by atoms with Crippen LogP contribution in [-0.4, -0.2) is 11.8 Å². The van der Waals surface area contributed by atoms with Crippen molar-refractivity contribution in [3.8, 4) is 0 Å². The largest absolute Gasteiger partial charge is 0.385 e. The second-order valence-electron chi connectivity index (χ2n) is 4.61. The summed E-state index contributed by atoms with van der Waals surface area (Å²) in [6.45, 7) is 2.25. The lowest BCUT2D eigenvalue weighted by Crippen LogP contribution is -2.31. The third-order valence-corrected chi connectivity index (χ3v) is 3.50. The molecule has 0 heterocycles. The first-order valence-electron chi connectivity index (χ1n) is 5.75. The average molecular weight is 193 g/mol. The van der Waals surface area contributed by atoms with E-state index in [-0.39, 0.29) is 5.78 Å². The molecule has 2 rings (SSSR count). The summed E-state index contributed by atoms with van der Waals surface area (Å²) in [5.74, 6) is 1.11. The molecule has 1 saturated carbocycles. The summed E-state index contributed by atoms with van der Waals surface area (Å²) in [6.07, 6.45) is 8.90. The van der Waals surface area contributed by atoms with E-state index < -0.39 is 0 Å². The number of carbonyl (C=O) groups is 1. The van der Waals surface area contributed by atoms with Crippen LogP contribution in [0.2, 0.25) is 0 Å². The zero-order chi connectivity index (χ0) is 9.97. The molecular weight excluding hydrogens is 174 g/mol. The molecule has 0 spiro atoms. The van der Waals surface area contributed by atoms with Crippen LogP contribution in [0.15, 0.2) is 11.8 Å². The molecule has 78 valence electrons. The number of ketones is 1. The molecule has 1 unspecified atom stereocenters. The number of hydrogen-bond acceptors (Lipinski definition) is 2. The quantitative estimate of drug-likeness (QED) is 0.745. The highest BCUT2D eigenvalue weighted by molar-refractivity contribution is 5.92. The Balaban J connectivity index is 1.84. The summed E-state index contributed by atoms with van der Waals surface area (Å²) in [4.78, 5) is 11.0. The molecule has 0 amide bonds. The van der Waals surface area contributed by atoms with Crippen molar-refractivity contribution >= 4 is 5.78 Å². The highest BCUT2D eigenvalue weighted by atomic mass is 16.1. The molecule has 0 aromatic carbocycles. The maximum Gasteiger partial charge on any atom is 0.157 e. The van der Waals surface area contributed by atoms with Gasteiger partial charge >= 0.3 is 0 Å². The molecule has 1 atom stereocenters. The Morgan fingerprint density at radius 3 is 2.64 bits per heavy atom. The van der Waals surface area contributed by atoms with Crippen LogP contribution in [0.3, 0.4) is 0 Å². The summed E-state index contributed by atoms with van der Waals surface area (Å²) in [5.41, 5.74) is 1.16. The van der Waals surface area contributed by atoms with Crippen LogP contribution >= 0.6 is 0 Å². The van der Waals surface area contributed by atoms with E-state index in [4.69, 9.17) is 0 Å². The van der Waals surface area contributed by atoms with Gasteiger partial charge < -0.3 is 5.32 Å². The van der Waals surface area contributed by atoms with Gasteiger partial charge in [-0.1, -0.05) is 12.8 Å². The van der Waals surface area contributed by atoms with E-state index in [1.54, 1.807) is 6.08 Å². The van der Waals surface area contributed by atoms with E-state index in [0.29, 0.717) is 12.5 Å². The minimum absolute atomic E-state index is 0.283. The summed E-state index contributed by atoms with van der Waals surface area (Å²) in [7, 11) is 0. The topological polar surface area (TPSA) is 29.1 Å². The molecule has 2 aliphatic rings. The second kappa shape index (κ2) is 4.16. The Hall–Kier alpha value is -0.790. The molecule has 0 saturated heterocycles. The third kappa shape index (κ3) is 2.17. The molecule has 0 aliphatic heterocycles. The lowest BCUT2D eigenvalue weighted by molar-refractivity contribution is -0.114. The highest BCUT2D eigenvalue weighted by Crippen LogP contribution is 2.28. The minimum Gasteiger partial charge on any atom is -0.385 e. The van der Waals surface area contributed by atoms with E-state index in [0.717, 1.165) is 18.0 Å². The van der Waals surface area contributed by atoms with Gasteiger partial charge in [0.05, 0.1) is 0 Å². The van der Waals surface area contributed by atoms with E-state index in [1.807, 2.05) is 0 Å². The van der Waals surface area contributed by atoms with Gasteiger partial charge in [-0.25, -0.2) is 0 Å². The molecule has 0 aromatic heterocycles. The van der Waals surface area contributed by atoms with Crippen molar-refractivity contribution in [1.29, 1.82) is 0 Å². The van der Waals surface area contributed by atoms with Crippen molar-refractivity contribution < 1.29 is 4.79 Å². The van der Waals surface area contributed by atoms with Crippen LogP contribution in [0.5, 0.6) is 0 Å². The summed E-state index contributed by atoms with van der Waals surface area (Å²) in [6, 6.07) is 0.551. The fourth-order valence-electron chi connectivity index (χ4n) is 2.58. The summed E-state index contributed by atoms with van der Waals surface area (Å²) in [5, 5.41) is 3.49.